The Labute approximate surface area is 108 Å². The summed E-state index contributed by atoms with van der Waals surface area (Å²) in [6, 6.07) is 4.79. The summed E-state index contributed by atoms with van der Waals surface area (Å²) in [7, 11) is 0. The molecule has 3 nitrogen and oxygen atoms in total. The summed E-state index contributed by atoms with van der Waals surface area (Å²) < 4.78 is -0.641. The third-order valence-electron chi connectivity index (χ3n) is 1.87. The van der Waals surface area contributed by atoms with Gasteiger partial charge < -0.3 is 5.32 Å². The van der Waals surface area contributed by atoms with Crippen LogP contribution in [0.1, 0.15) is 13.8 Å². The van der Waals surface area contributed by atoms with Gasteiger partial charge in [0.15, 0.2) is 0 Å². The lowest BCUT2D eigenvalue weighted by Crippen LogP contribution is -2.30. The van der Waals surface area contributed by atoms with Crippen LogP contribution in [0.3, 0.4) is 0 Å². The van der Waals surface area contributed by atoms with Crippen LogP contribution in [-0.4, -0.2) is 10.2 Å². The zero-order valence-corrected chi connectivity index (χ0v) is 11.2. The van der Waals surface area contributed by atoms with E-state index >= 15 is 0 Å². The van der Waals surface area contributed by atoms with Crippen molar-refractivity contribution in [2.24, 2.45) is 0 Å². The van der Waals surface area contributed by atoms with E-state index in [-0.39, 0.29) is 5.91 Å². The second kappa shape index (κ2) is 4.86. The van der Waals surface area contributed by atoms with Gasteiger partial charge in [0.1, 0.15) is 0 Å². The van der Waals surface area contributed by atoms with Crippen LogP contribution < -0.4 is 5.32 Å². The molecule has 0 heterocycles. The van der Waals surface area contributed by atoms with Gasteiger partial charge in [-0.05, 0) is 26.0 Å². The average Bonchev–Trinajstić information content (AvgIpc) is 2.16. The van der Waals surface area contributed by atoms with Gasteiger partial charge in [-0.3, -0.25) is 4.79 Å². The van der Waals surface area contributed by atoms with E-state index in [4.69, 9.17) is 18.2 Å². The number of rotatable bonds is 2. The Morgan fingerprint density at radius 3 is 2.62 bits per heavy atom. The first-order valence-electron chi connectivity index (χ1n) is 4.52. The Kier molecular flexibility index (Phi) is 3.95. The Morgan fingerprint density at radius 2 is 2.19 bits per heavy atom. The van der Waals surface area contributed by atoms with Crippen LogP contribution in [0.15, 0.2) is 18.2 Å². The predicted octanol–water partition coefficient (Wildman–Crippen LogP) is 4.00. The lowest BCUT2D eigenvalue weighted by Gasteiger charge is -2.16. The maximum absolute atomic E-state index is 11.6. The fourth-order valence-corrected chi connectivity index (χ4v) is 1.28. The van der Waals surface area contributed by atoms with Gasteiger partial charge in [-0.2, -0.15) is 0 Å². The zero-order valence-electron chi connectivity index (χ0n) is 8.84. The maximum Gasteiger partial charge on any atom is 0.240 e. The molecule has 0 aromatic heterocycles. The lowest BCUT2D eigenvalue weighted by atomic mass is 10.2. The summed E-state index contributed by atoms with van der Waals surface area (Å²) in [6.45, 7) is 10.3. The van der Waals surface area contributed by atoms with Gasteiger partial charge in [0, 0.05) is 10.7 Å². The molecule has 0 radical (unpaired) electrons. The normalized spacial score (nSPS) is 10.7. The second-order valence-corrected chi connectivity index (χ2v) is 6.09. The number of nitrogens with one attached hydrogen (secondary N) is 1. The van der Waals surface area contributed by atoms with Crippen LogP contribution in [0.2, 0.25) is 5.02 Å². The smallest absolute Gasteiger partial charge is 0.240 e. The molecule has 0 bridgehead atoms. The van der Waals surface area contributed by atoms with Crippen LogP contribution in [0.25, 0.3) is 4.85 Å². The molecular formula is C11H10BrClN2O. The van der Waals surface area contributed by atoms with Crippen molar-refractivity contribution in [1.29, 1.82) is 0 Å². The molecule has 0 atom stereocenters. The van der Waals surface area contributed by atoms with E-state index in [0.717, 1.165) is 0 Å². The van der Waals surface area contributed by atoms with Crippen molar-refractivity contribution in [1.82, 2.24) is 0 Å². The third kappa shape index (κ3) is 3.22. The van der Waals surface area contributed by atoms with Crippen LogP contribution in [0.4, 0.5) is 11.4 Å². The molecule has 0 aliphatic rings. The van der Waals surface area contributed by atoms with E-state index in [9.17, 15) is 4.79 Å². The summed E-state index contributed by atoms with van der Waals surface area (Å²) >= 11 is 9.10. The largest absolute Gasteiger partial charge is 0.325 e. The van der Waals surface area contributed by atoms with Crippen molar-refractivity contribution >= 4 is 44.8 Å². The minimum Gasteiger partial charge on any atom is -0.325 e. The number of benzene rings is 1. The van der Waals surface area contributed by atoms with Gasteiger partial charge in [-0.25, -0.2) is 4.85 Å². The highest BCUT2D eigenvalue weighted by Crippen LogP contribution is 2.28. The number of anilines is 1. The average molecular weight is 302 g/mol. The molecule has 5 heteroatoms. The van der Waals surface area contributed by atoms with Crippen molar-refractivity contribution in [3.63, 3.8) is 0 Å². The topological polar surface area (TPSA) is 33.5 Å². The van der Waals surface area contributed by atoms with Gasteiger partial charge in [-0.15, -0.1) is 0 Å². The Bertz CT molecular complexity index is 460. The number of amides is 1. The van der Waals surface area contributed by atoms with Crippen LogP contribution in [0.5, 0.6) is 0 Å². The molecule has 1 aromatic rings. The Balaban J connectivity index is 2.89. The Hall–Kier alpha value is -1.05. The number of carbonyl (C=O) groups is 1. The van der Waals surface area contributed by atoms with Crippen LogP contribution >= 0.6 is 27.5 Å². The first-order chi connectivity index (χ1) is 7.34. The molecule has 1 aromatic carbocycles. The summed E-state index contributed by atoms with van der Waals surface area (Å²) in [4.78, 5) is 14.9. The predicted molar refractivity (Wildman–Crippen MR) is 69.3 cm³/mol. The lowest BCUT2D eigenvalue weighted by molar-refractivity contribution is -0.117. The molecule has 16 heavy (non-hydrogen) atoms. The highest BCUT2D eigenvalue weighted by molar-refractivity contribution is 9.10. The molecule has 0 saturated heterocycles. The van der Waals surface area contributed by atoms with E-state index in [1.807, 2.05) is 0 Å². The molecule has 84 valence electrons. The van der Waals surface area contributed by atoms with Gasteiger partial charge in [0.05, 0.1) is 10.9 Å². The number of halogens is 2. The summed E-state index contributed by atoms with van der Waals surface area (Å²) in [5.74, 6) is -0.167. The number of nitrogens with zero attached hydrogens (tertiary/aromatic N) is 1. The quantitative estimate of drug-likeness (QED) is 0.650. The van der Waals surface area contributed by atoms with E-state index in [0.29, 0.717) is 16.4 Å². The van der Waals surface area contributed by atoms with Gasteiger partial charge in [-0.1, -0.05) is 33.6 Å². The minimum atomic E-state index is -0.641. The number of alkyl halides is 1. The molecule has 1 rings (SSSR count). The monoisotopic (exact) mass is 300 g/mol. The zero-order chi connectivity index (χ0) is 12.3. The van der Waals surface area contributed by atoms with Crippen molar-refractivity contribution in [3.05, 3.63) is 34.6 Å². The van der Waals surface area contributed by atoms with E-state index in [1.54, 1.807) is 32.0 Å². The SMILES string of the molecule is [C-]#[N+]c1ccc(NC(=O)C(C)(C)Br)cc1Cl. The van der Waals surface area contributed by atoms with E-state index < -0.39 is 4.32 Å². The number of hydrogen-bond donors (Lipinski definition) is 1. The maximum atomic E-state index is 11.6. The molecule has 0 aliphatic carbocycles. The molecule has 0 saturated carbocycles. The van der Waals surface area contributed by atoms with Gasteiger partial charge >= 0.3 is 0 Å². The number of hydrogen-bond acceptors (Lipinski definition) is 1. The van der Waals surface area contributed by atoms with E-state index in [1.165, 1.54) is 0 Å². The first kappa shape index (κ1) is 13.0. The standard InChI is InChI=1S/C11H10BrClN2O/c1-11(2,12)10(16)15-7-4-5-9(14-3)8(13)6-7/h4-6H,1-2H3,(H,15,16). The highest BCUT2D eigenvalue weighted by atomic mass is 79.9. The fourth-order valence-electron chi connectivity index (χ4n) is 0.955. The van der Waals surface area contributed by atoms with Crippen molar-refractivity contribution in [2.45, 2.75) is 18.2 Å². The molecule has 0 unspecified atom stereocenters. The summed E-state index contributed by atoms with van der Waals surface area (Å²) in [6.07, 6.45) is 0. The van der Waals surface area contributed by atoms with Gasteiger partial charge in [0.2, 0.25) is 11.6 Å². The third-order valence-corrected chi connectivity index (χ3v) is 2.53. The highest BCUT2D eigenvalue weighted by Gasteiger charge is 2.23. The molecule has 1 amide bonds. The first-order valence-corrected chi connectivity index (χ1v) is 5.69. The van der Waals surface area contributed by atoms with Crippen molar-refractivity contribution in [3.8, 4) is 0 Å². The summed E-state index contributed by atoms with van der Waals surface area (Å²) in [5, 5.41) is 3.03. The summed E-state index contributed by atoms with van der Waals surface area (Å²) in [5.41, 5.74) is 0.952. The molecule has 1 N–H and O–H groups in total. The Morgan fingerprint density at radius 1 is 1.56 bits per heavy atom. The molecule has 0 spiro atoms. The van der Waals surface area contributed by atoms with E-state index in [2.05, 4.69) is 26.1 Å². The van der Waals surface area contributed by atoms with Gasteiger partial charge in [0.25, 0.3) is 0 Å². The van der Waals surface area contributed by atoms with Crippen molar-refractivity contribution in [2.75, 3.05) is 5.32 Å². The molecule has 0 fully saturated rings. The van der Waals surface area contributed by atoms with Crippen LogP contribution in [-0.2, 0) is 4.79 Å². The second-order valence-electron chi connectivity index (χ2n) is 3.70. The molecular weight excluding hydrogens is 291 g/mol. The minimum absolute atomic E-state index is 0.167. The fraction of sp³-hybridized carbons (Fsp3) is 0.273. The van der Waals surface area contributed by atoms with Crippen molar-refractivity contribution < 1.29 is 4.79 Å². The van der Waals surface area contributed by atoms with Crippen LogP contribution in [0, 0.1) is 6.57 Å². The molecule has 0 aliphatic heterocycles. The number of carbonyl (C=O) groups excluding carboxylic acids is 1.